The van der Waals surface area contributed by atoms with E-state index in [0.29, 0.717) is 0 Å². The molecule has 0 rings (SSSR count). The summed E-state index contributed by atoms with van der Waals surface area (Å²) in [5, 5.41) is 16.2. The number of rotatable bonds is 2. The Bertz CT molecular complexity index is 148. The van der Waals surface area contributed by atoms with Crippen LogP contribution in [-0.2, 0) is 9.53 Å². The first-order valence-electron chi connectivity index (χ1n) is 2.38. The molecule has 0 saturated carbocycles. The Kier molecular flexibility index (Phi) is 3.85. The van der Waals surface area contributed by atoms with Gasteiger partial charge in [-0.05, 0) is 12.2 Å². The fourth-order valence-corrected chi connectivity index (χ4v) is 0.324. The maximum Gasteiger partial charge on any atom is 0.344 e. The molecule has 0 heterocycles. The summed E-state index contributed by atoms with van der Waals surface area (Å²) in [4.78, 5) is 10.4. The van der Waals surface area contributed by atoms with Crippen molar-refractivity contribution in [2.45, 2.75) is 6.10 Å². The van der Waals surface area contributed by atoms with Gasteiger partial charge in [0.1, 0.15) is 0 Å². The zero-order valence-corrected chi connectivity index (χ0v) is 5.80. The first-order valence-corrected chi connectivity index (χ1v) is 2.78. The van der Waals surface area contributed by atoms with Gasteiger partial charge in [-0.2, -0.15) is 0 Å². The molecule has 0 aromatic carbocycles. The summed E-state index contributed by atoms with van der Waals surface area (Å²) in [5.41, 5.74) is 4.78. The Morgan fingerprint density at radius 2 is 2.30 bits per heavy atom. The molecule has 0 aliphatic carbocycles. The fourth-order valence-electron chi connectivity index (χ4n) is 0.242. The highest BCUT2D eigenvalue weighted by molar-refractivity contribution is 7.80. The maximum atomic E-state index is 10.4. The number of ether oxygens (including phenoxy) is 1. The van der Waals surface area contributed by atoms with Gasteiger partial charge in [0.25, 0.3) is 5.17 Å². The average Bonchev–Trinajstić information content (AvgIpc) is 1.85. The summed E-state index contributed by atoms with van der Waals surface area (Å²) < 4.78 is 4.06. The van der Waals surface area contributed by atoms with E-state index >= 15 is 0 Å². The van der Waals surface area contributed by atoms with Crippen LogP contribution in [0.25, 0.3) is 0 Å². The van der Waals surface area contributed by atoms with Crippen LogP contribution in [0.15, 0.2) is 0 Å². The zero-order valence-electron chi connectivity index (χ0n) is 4.98. The van der Waals surface area contributed by atoms with Crippen LogP contribution in [-0.4, -0.2) is 34.1 Å². The number of thiocarbonyl (C=S) groups is 1. The third kappa shape index (κ3) is 3.33. The van der Waals surface area contributed by atoms with Gasteiger partial charge in [0.2, 0.25) is 0 Å². The van der Waals surface area contributed by atoms with Crippen molar-refractivity contribution >= 4 is 23.4 Å². The number of aliphatic hydroxyl groups is 2. The van der Waals surface area contributed by atoms with Gasteiger partial charge in [0, 0.05) is 0 Å². The van der Waals surface area contributed by atoms with Gasteiger partial charge in [0.05, 0.1) is 6.61 Å². The summed E-state index contributed by atoms with van der Waals surface area (Å²) in [5.74, 6) is -1.05. The van der Waals surface area contributed by atoms with E-state index in [4.69, 9.17) is 15.9 Å². The van der Waals surface area contributed by atoms with Gasteiger partial charge in [0.15, 0.2) is 6.10 Å². The molecule has 4 N–H and O–H groups in total. The van der Waals surface area contributed by atoms with Crippen molar-refractivity contribution in [1.82, 2.24) is 0 Å². The van der Waals surface area contributed by atoms with Gasteiger partial charge in [-0.1, -0.05) is 0 Å². The van der Waals surface area contributed by atoms with E-state index in [1.165, 1.54) is 0 Å². The van der Waals surface area contributed by atoms with Crippen LogP contribution in [0.2, 0.25) is 0 Å². The molecule has 0 amide bonds. The lowest BCUT2D eigenvalue weighted by molar-refractivity contribution is -0.146. The lowest BCUT2D eigenvalue weighted by Crippen LogP contribution is -2.30. The van der Waals surface area contributed by atoms with Crippen LogP contribution in [0.5, 0.6) is 0 Å². The predicted octanol–water partition coefficient (Wildman–Crippen LogP) is -1.87. The molecule has 0 aliphatic heterocycles. The highest BCUT2D eigenvalue weighted by Gasteiger charge is 2.15. The Hall–Kier alpha value is -0.720. The standard InChI is InChI=1S/C4H7NO4S/c5-4(10)9-3(8)2(7)1-6/h2,6-7H,1H2,(H2,5,10). The molecule has 0 aromatic heterocycles. The molecule has 10 heavy (non-hydrogen) atoms. The van der Waals surface area contributed by atoms with Crippen LogP contribution in [0.3, 0.4) is 0 Å². The summed E-state index contributed by atoms with van der Waals surface area (Å²) in [6, 6.07) is 0. The smallest absolute Gasteiger partial charge is 0.344 e. The number of carbonyl (C=O) groups is 1. The second kappa shape index (κ2) is 4.15. The molecule has 1 atom stereocenters. The van der Waals surface area contributed by atoms with E-state index in [1.54, 1.807) is 0 Å². The fraction of sp³-hybridized carbons (Fsp3) is 0.500. The normalized spacial score (nSPS) is 12.2. The van der Waals surface area contributed by atoms with Crippen molar-refractivity contribution in [2.75, 3.05) is 6.61 Å². The van der Waals surface area contributed by atoms with Gasteiger partial charge < -0.3 is 20.7 Å². The molecule has 0 aliphatic rings. The van der Waals surface area contributed by atoms with Crippen LogP contribution in [0, 0.1) is 0 Å². The van der Waals surface area contributed by atoms with Crippen molar-refractivity contribution in [2.24, 2.45) is 5.73 Å². The SMILES string of the molecule is NC(=S)OC(=O)C(O)CO. The third-order valence-corrected chi connectivity index (χ3v) is 0.730. The van der Waals surface area contributed by atoms with Crippen LogP contribution >= 0.6 is 12.2 Å². The molecule has 0 radical (unpaired) electrons. The second-order valence-corrected chi connectivity index (χ2v) is 1.84. The number of carbonyl (C=O) groups excluding carboxylic acids is 1. The molecule has 0 saturated heterocycles. The topological polar surface area (TPSA) is 92.8 Å². The monoisotopic (exact) mass is 165 g/mol. The Morgan fingerprint density at radius 1 is 1.80 bits per heavy atom. The lowest BCUT2D eigenvalue weighted by atomic mass is 10.4. The number of esters is 1. The van der Waals surface area contributed by atoms with Crippen LogP contribution < -0.4 is 5.73 Å². The third-order valence-electron chi connectivity index (χ3n) is 0.646. The largest absolute Gasteiger partial charge is 0.397 e. The zero-order chi connectivity index (χ0) is 8.15. The highest BCUT2D eigenvalue weighted by Crippen LogP contribution is 1.86. The Morgan fingerprint density at radius 3 is 2.60 bits per heavy atom. The van der Waals surface area contributed by atoms with E-state index in [2.05, 4.69) is 17.0 Å². The molecule has 58 valence electrons. The van der Waals surface area contributed by atoms with E-state index in [9.17, 15) is 4.79 Å². The molecule has 0 fully saturated rings. The molecule has 0 bridgehead atoms. The minimum atomic E-state index is -1.57. The maximum absolute atomic E-state index is 10.4. The summed E-state index contributed by atoms with van der Waals surface area (Å²) >= 11 is 4.18. The molecule has 5 nitrogen and oxygen atoms in total. The number of hydrogen-bond donors (Lipinski definition) is 3. The first-order chi connectivity index (χ1) is 4.57. The summed E-state index contributed by atoms with van der Waals surface area (Å²) in [6.45, 7) is -0.707. The Balaban J connectivity index is 3.73. The summed E-state index contributed by atoms with van der Waals surface area (Å²) in [7, 11) is 0. The van der Waals surface area contributed by atoms with Crippen molar-refractivity contribution < 1.29 is 19.7 Å². The average molecular weight is 165 g/mol. The van der Waals surface area contributed by atoms with Crippen molar-refractivity contribution in [3.63, 3.8) is 0 Å². The molecule has 0 spiro atoms. The number of aliphatic hydroxyl groups excluding tert-OH is 2. The minimum absolute atomic E-state index is 0.475. The first kappa shape index (κ1) is 9.28. The summed E-state index contributed by atoms with van der Waals surface area (Å²) in [6.07, 6.45) is -1.57. The highest BCUT2D eigenvalue weighted by atomic mass is 32.1. The van der Waals surface area contributed by atoms with E-state index < -0.39 is 23.9 Å². The molecule has 6 heteroatoms. The van der Waals surface area contributed by atoms with Gasteiger partial charge >= 0.3 is 5.97 Å². The Labute approximate surface area is 62.4 Å². The van der Waals surface area contributed by atoms with Gasteiger partial charge in [-0.15, -0.1) is 0 Å². The van der Waals surface area contributed by atoms with E-state index in [1.807, 2.05) is 0 Å². The molecule has 1 unspecified atom stereocenters. The molecule has 0 aromatic rings. The van der Waals surface area contributed by atoms with Crippen molar-refractivity contribution in [3.05, 3.63) is 0 Å². The molecular weight excluding hydrogens is 158 g/mol. The molecular formula is C4H7NO4S. The van der Waals surface area contributed by atoms with Gasteiger partial charge in [-0.3, -0.25) is 0 Å². The van der Waals surface area contributed by atoms with Crippen molar-refractivity contribution in [1.29, 1.82) is 0 Å². The van der Waals surface area contributed by atoms with Crippen molar-refractivity contribution in [3.8, 4) is 0 Å². The predicted molar refractivity (Wildman–Crippen MR) is 36.0 cm³/mol. The second-order valence-electron chi connectivity index (χ2n) is 1.44. The number of hydrogen-bond acceptors (Lipinski definition) is 5. The number of nitrogens with two attached hydrogens (primary N) is 1. The van der Waals surface area contributed by atoms with E-state index in [-0.39, 0.29) is 0 Å². The van der Waals surface area contributed by atoms with E-state index in [0.717, 1.165) is 0 Å². The lowest BCUT2D eigenvalue weighted by Gasteiger charge is -2.04. The van der Waals surface area contributed by atoms with Crippen LogP contribution in [0.1, 0.15) is 0 Å². The minimum Gasteiger partial charge on any atom is -0.397 e. The van der Waals surface area contributed by atoms with Crippen LogP contribution in [0.4, 0.5) is 0 Å². The quantitative estimate of drug-likeness (QED) is 0.328. The van der Waals surface area contributed by atoms with Gasteiger partial charge in [-0.25, -0.2) is 4.79 Å².